The van der Waals surface area contributed by atoms with E-state index in [1.54, 1.807) is 18.2 Å². The number of esters is 1. The van der Waals surface area contributed by atoms with Gasteiger partial charge in [0.15, 0.2) is 0 Å². The van der Waals surface area contributed by atoms with Gasteiger partial charge in [0.1, 0.15) is 11.3 Å². The zero-order valence-electron chi connectivity index (χ0n) is 15.2. The molecule has 1 saturated carbocycles. The highest BCUT2D eigenvalue weighted by atomic mass is 35.5. The summed E-state index contributed by atoms with van der Waals surface area (Å²) >= 11 is 6.21. The molecule has 0 aromatic heterocycles. The minimum absolute atomic E-state index is 0.0471. The molecule has 0 heterocycles. The second-order valence-corrected chi connectivity index (χ2v) is 7.32. The van der Waals surface area contributed by atoms with Crippen LogP contribution < -0.4 is 10.1 Å². The van der Waals surface area contributed by atoms with Crippen LogP contribution in [0.25, 0.3) is 0 Å². The number of hydrogen-bond acceptors (Lipinski definition) is 4. The monoisotopic (exact) mass is 367 g/mol. The Bertz CT molecular complexity index is 648. The molecule has 1 aromatic carbocycles. The number of rotatable bonds is 5. The first-order valence-corrected chi connectivity index (χ1v) is 8.91. The van der Waals surface area contributed by atoms with Crippen molar-refractivity contribution < 1.29 is 19.1 Å². The van der Waals surface area contributed by atoms with Crippen LogP contribution in [0.3, 0.4) is 0 Å². The van der Waals surface area contributed by atoms with Crippen molar-refractivity contribution in [3.63, 3.8) is 0 Å². The van der Waals surface area contributed by atoms with Crippen LogP contribution in [0.15, 0.2) is 18.2 Å². The quantitative estimate of drug-likeness (QED) is 0.810. The maximum Gasteiger partial charge on any atom is 0.331 e. The number of nitrogens with one attached hydrogen (secondary N) is 1. The van der Waals surface area contributed by atoms with Gasteiger partial charge in [-0.3, -0.25) is 4.79 Å². The largest absolute Gasteiger partial charge is 0.496 e. The molecule has 3 atom stereocenters. The topological polar surface area (TPSA) is 64.6 Å². The van der Waals surface area contributed by atoms with Crippen molar-refractivity contribution in [2.75, 3.05) is 14.2 Å². The molecule has 0 radical (unpaired) electrons. The predicted octanol–water partition coefficient (Wildman–Crippen LogP) is 3.38. The Labute approximate surface area is 154 Å². The molecule has 138 valence electrons. The molecule has 5 nitrogen and oxygen atoms in total. The number of hydrogen-bond donors (Lipinski definition) is 1. The fourth-order valence-corrected chi connectivity index (χ4v) is 3.76. The molecule has 1 aliphatic carbocycles. The number of carbonyl (C=O) groups excluding carboxylic acids is 2. The van der Waals surface area contributed by atoms with Gasteiger partial charge in [-0.25, -0.2) is 4.79 Å². The minimum atomic E-state index is -0.966. The van der Waals surface area contributed by atoms with Crippen molar-refractivity contribution in [2.24, 2.45) is 11.8 Å². The molecule has 25 heavy (non-hydrogen) atoms. The maximum atomic E-state index is 12.7. The van der Waals surface area contributed by atoms with Gasteiger partial charge >= 0.3 is 5.97 Å². The van der Waals surface area contributed by atoms with Crippen molar-refractivity contribution in [3.05, 3.63) is 28.8 Å². The van der Waals surface area contributed by atoms with Crippen LogP contribution >= 0.6 is 11.6 Å². The van der Waals surface area contributed by atoms with Gasteiger partial charge in [-0.1, -0.05) is 31.5 Å². The van der Waals surface area contributed by atoms with E-state index in [2.05, 4.69) is 19.2 Å². The Morgan fingerprint density at radius 3 is 2.60 bits per heavy atom. The van der Waals surface area contributed by atoms with Crippen LogP contribution in [0, 0.1) is 11.8 Å². The van der Waals surface area contributed by atoms with Crippen molar-refractivity contribution in [2.45, 2.75) is 45.1 Å². The number of carbonyl (C=O) groups is 2. The van der Waals surface area contributed by atoms with Gasteiger partial charge in [-0.15, -0.1) is 0 Å². The van der Waals surface area contributed by atoms with E-state index in [-0.39, 0.29) is 18.3 Å². The highest BCUT2D eigenvalue weighted by molar-refractivity contribution is 6.31. The van der Waals surface area contributed by atoms with Crippen molar-refractivity contribution in [3.8, 4) is 5.75 Å². The number of halogens is 1. The van der Waals surface area contributed by atoms with Gasteiger partial charge in [0.05, 0.1) is 20.6 Å². The molecule has 0 bridgehead atoms. The lowest BCUT2D eigenvalue weighted by molar-refractivity contribution is -0.154. The molecule has 2 rings (SSSR count). The highest BCUT2D eigenvalue weighted by Crippen LogP contribution is 2.37. The maximum absolute atomic E-state index is 12.7. The average Bonchev–Trinajstić information content (AvgIpc) is 2.59. The summed E-state index contributed by atoms with van der Waals surface area (Å²) < 4.78 is 10.3. The minimum Gasteiger partial charge on any atom is -0.496 e. The average molecular weight is 368 g/mol. The summed E-state index contributed by atoms with van der Waals surface area (Å²) in [5.41, 5.74) is -0.354. The predicted molar refractivity (Wildman–Crippen MR) is 96.8 cm³/mol. The molecule has 0 aliphatic heterocycles. The molecule has 1 aliphatic rings. The third-order valence-electron chi connectivity index (χ3n) is 5.26. The SMILES string of the molecule is COC(=O)C1(NC(=O)Cc2c(Cl)cccc2OC)CCC(C)C(C)C1. The summed E-state index contributed by atoms with van der Waals surface area (Å²) in [5, 5.41) is 3.40. The molecule has 1 aromatic rings. The molecule has 3 unspecified atom stereocenters. The van der Waals surface area contributed by atoms with Gasteiger partial charge in [0.2, 0.25) is 5.91 Å². The van der Waals surface area contributed by atoms with Crippen LogP contribution in [-0.2, 0) is 20.7 Å². The number of benzene rings is 1. The van der Waals surface area contributed by atoms with E-state index >= 15 is 0 Å². The molecule has 1 fully saturated rings. The van der Waals surface area contributed by atoms with Crippen molar-refractivity contribution in [1.82, 2.24) is 5.32 Å². The Morgan fingerprint density at radius 1 is 1.28 bits per heavy atom. The Balaban J connectivity index is 2.20. The van der Waals surface area contributed by atoms with Crippen LogP contribution in [-0.4, -0.2) is 31.6 Å². The highest BCUT2D eigenvalue weighted by Gasteiger charge is 2.45. The number of methoxy groups -OCH3 is 2. The Hall–Kier alpha value is -1.75. The standard InChI is InChI=1S/C19H26ClNO4/c1-12-8-9-19(11-13(12)2,18(23)25-4)21-17(22)10-14-15(20)6-5-7-16(14)24-3/h5-7,12-13H,8-11H2,1-4H3,(H,21,22). The van der Waals surface area contributed by atoms with E-state index in [0.717, 1.165) is 6.42 Å². The Morgan fingerprint density at radius 2 is 2.00 bits per heavy atom. The van der Waals surface area contributed by atoms with Crippen LogP contribution in [0.5, 0.6) is 5.75 Å². The zero-order chi connectivity index (χ0) is 18.6. The van der Waals surface area contributed by atoms with Crippen molar-refractivity contribution in [1.29, 1.82) is 0 Å². The van der Waals surface area contributed by atoms with Gasteiger partial charge < -0.3 is 14.8 Å². The second-order valence-electron chi connectivity index (χ2n) is 6.92. The molecular weight excluding hydrogens is 342 g/mol. The summed E-state index contributed by atoms with van der Waals surface area (Å²) in [6.07, 6.45) is 2.07. The van der Waals surface area contributed by atoms with Crippen LogP contribution in [0.2, 0.25) is 5.02 Å². The van der Waals surface area contributed by atoms with E-state index in [0.29, 0.717) is 41.0 Å². The molecule has 0 spiro atoms. The number of ether oxygens (including phenoxy) is 2. The van der Waals surface area contributed by atoms with E-state index < -0.39 is 5.54 Å². The smallest absolute Gasteiger partial charge is 0.331 e. The van der Waals surface area contributed by atoms with E-state index in [1.807, 2.05) is 0 Å². The summed E-state index contributed by atoms with van der Waals surface area (Å²) in [4.78, 5) is 25.1. The molecule has 1 amide bonds. The lowest BCUT2D eigenvalue weighted by Gasteiger charge is -2.41. The van der Waals surface area contributed by atoms with Gasteiger partial charge in [0.25, 0.3) is 0 Å². The lowest BCUT2D eigenvalue weighted by Crippen LogP contribution is -2.58. The number of amides is 1. The molecular formula is C19H26ClNO4. The summed E-state index contributed by atoms with van der Waals surface area (Å²) in [6, 6.07) is 5.24. The molecule has 0 saturated heterocycles. The van der Waals surface area contributed by atoms with Crippen LogP contribution in [0.1, 0.15) is 38.7 Å². The van der Waals surface area contributed by atoms with Crippen LogP contribution in [0.4, 0.5) is 0 Å². The van der Waals surface area contributed by atoms with Gasteiger partial charge in [-0.05, 0) is 43.2 Å². The zero-order valence-corrected chi connectivity index (χ0v) is 16.0. The van der Waals surface area contributed by atoms with Gasteiger partial charge in [0, 0.05) is 10.6 Å². The third kappa shape index (κ3) is 4.27. The van der Waals surface area contributed by atoms with E-state index in [9.17, 15) is 9.59 Å². The van der Waals surface area contributed by atoms with Crippen molar-refractivity contribution >= 4 is 23.5 Å². The third-order valence-corrected chi connectivity index (χ3v) is 5.61. The Kier molecular flexibility index (Phi) is 6.33. The van der Waals surface area contributed by atoms with Gasteiger partial charge in [-0.2, -0.15) is 0 Å². The summed E-state index contributed by atoms with van der Waals surface area (Å²) in [6.45, 7) is 4.27. The fourth-order valence-electron chi connectivity index (χ4n) is 3.53. The fraction of sp³-hybridized carbons (Fsp3) is 0.579. The first-order valence-electron chi connectivity index (χ1n) is 8.53. The lowest BCUT2D eigenvalue weighted by atomic mass is 9.71. The summed E-state index contributed by atoms with van der Waals surface area (Å²) in [7, 11) is 2.89. The molecule has 6 heteroatoms. The first kappa shape index (κ1) is 19.6. The normalized spacial score (nSPS) is 26.0. The first-order chi connectivity index (χ1) is 11.8. The molecule has 1 N–H and O–H groups in total. The summed E-state index contributed by atoms with van der Waals surface area (Å²) in [5.74, 6) is 0.742. The van der Waals surface area contributed by atoms with E-state index in [1.165, 1.54) is 14.2 Å². The van der Waals surface area contributed by atoms with E-state index in [4.69, 9.17) is 21.1 Å². The second kappa shape index (κ2) is 8.09.